The van der Waals surface area contributed by atoms with Crippen LogP contribution in [-0.2, 0) is 17.4 Å². The number of rotatable bonds is 5. The van der Waals surface area contributed by atoms with Crippen LogP contribution in [0.5, 0.6) is 0 Å². The zero-order chi connectivity index (χ0) is 13.9. The molecule has 3 heteroatoms. The van der Waals surface area contributed by atoms with Crippen LogP contribution < -0.4 is 0 Å². The fourth-order valence-corrected chi connectivity index (χ4v) is 2.49. The molecule has 0 bridgehead atoms. The first-order chi connectivity index (χ1) is 8.97. The zero-order valence-electron chi connectivity index (χ0n) is 12.1. The summed E-state index contributed by atoms with van der Waals surface area (Å²) in [6.45, 7) is 5.83. The van der Waals surface area contributed by atoms with Crippen molar-refractivity contribution < 1.29 is 4.21 Å². The molecule has 1 fully saturated rings. The largest absolute Gasteiger partial charge is 0.234 e. The molecule has 1 aromatic carbocycles. The van der Waals surface area contributed by atoms with Gasteiger partial charge < -0.3 is 0 Å². The lowest BCUT2D eigenvalue weighted by molar-refractivity contribution is 0.650. The summed E-state index contributed by atoms with van der Waals surface area (Å²) in [7, 11) is -1.13. The maximum absolute atomic E-state index is 11.7. The van der Waals surface area contributed by atoms with Crippen LogP contribution in [0, 0.1) is 0 Å². The van der Waals surface area contributed by atoms with E-state index in [1.807, 2.05) is 27.0 Å². The predicted molar refractivity (Wildman–Crippen MR) is 83.1 cm³/mol. The fourth-order valence-electron chi connectivity index (χ4n) is 1.93. The Hall–Kier alpha value is -0.960. The van der Waals surface area contributed by atoms with Crippen molar-refractivity contribution in [2.75, 3.05) is 0 Å². The van der Waals surface area contributed by atoms with Crippen molar-refractivity contribution in [2.24, 2.45) is 4.40 Å². The van der Waals surface area contributed by atoms with Gasteiger partial charge in [0.15, 0.2) is 0 Å². The van der Waals surface area contributed by atoms with Crippen LogP contribution in [0.1, 0.15) is 57.1 Å². The molecule has 1 aliphatic rings. The molecule has 0 amide bonds. The van der Waals surface area contributed by atoms with Crippen molar-refractivity contribution in [3.05, 3.63) is 35.4 Å². The van der Waals surface area contributed by atoms with Crippen molar-refractivity contribution in [1.82, 2.24) is 0 Å². The van der Waals surface area contributed by atoms with E-state index in [1.54, 1.807) is 0 Å². The third-order valence-electron chi connectivity index (χ3n) is 3.26. The molecule has 2 rings (SSSR count). The highest BCUT2D eigenvalue weighted by Crippen LogP contribution is 2.40. The smallest absolute Gasteiger partial charge is 0.144 e. The topological polar surface area (TPSA) is 29.4 Å². The molecule has 0 heterocycles. The Morgan fingerprint density at radius 2 is 2.11 bits per heavy atom. The first-order valence-corrected chi connectivity index (χ1v) is 8.11. The minimum absolute atomic E-state index is 0.262. The lowest BCUT2D eigenvalue weighted by Crippen LogP contribution is -2.19. The van der Waals surface area contributed by atoms with Crippen molar-refractivity contribution >= 4 is 17.2 Å². The average molecular weight is 277 g/mol. The fraction of sp³-hybridized carbons (Fsp3) is 0.562. The molecule has 2 nitrogen and oxygen atoms in total. The van der Waals surface area contributed by atoms with Crippen molar-refractivity contribution in [3.63, 3.8) is 0 Å². The summed E-state index contributed by atoms with van der Waals surface area (Å²) in [5, 5.41) is 0. The summed E-state index contributed by atoms with van der Waals surface area (Å²) in [5.74, 6) is 0.807. The van der Waals surface area contributed by atoms with Gasteiger partial charge in [-0.05, 0) is 63.5 Å². The zero-order valence-corrected chi connectivity index (χ0v) is 12.9. The average Bonchev–Trinajstić information content (AvgIpc) is 3.17. The summed E-state index contributed by atoms with van der Waals surface area (Å²) < 4.78 is 15.6. The molecule has 1 unspecified atom stereocenters. The number of benzene rings is 1. The molecule has 1 saturated carbocycles. The first kappa shape index (κ1) is 14.4. The van der Waals surface area contributed by atoms with Gasteiger partial charge in [-0.1, -0.05) is 24.3 Å². The van der Waals surface area contributed by atoms with Gasteiger partial charge in [-0.3, -0.25) is 0 Å². The van der Waals surface area contributed by atoms with Crippen molar-refractivity contribution in [1.29, 1.82) is 0 Å². The van der Waals surface area contributed by atoms with Crippen molar-refractivity contribution in [3.8, 4) is 0 Å². The number of aryl methyl sites for hydroxylation is 1. The van der Waals surface area contributed by atoms with Gasteiger partial charge in [0.05, 0.1) is 4.75 Å². The molecule has 1 aromatic rings. The van der Waals surface area contributed by atoms with Gasteiger partial charge in [0.2, 0.25) is 0 Å². The highest BCUT2D eigenvalue weighted by molar-refractivity contribution is 7.85. The second-order valence-corrected chi connectivity index (χ2v) is 8.14. The minimum Gasteiger partial charge on any atom is -0.234 e. The van der Waals surface area contributed by atoms with E-state index >= 15 is 0 Å². The summed E-state index contributed by atoms with van der Waals surface area (Å²) in [6.07, 6.45) is 6.33. The maximum Gasteiger partial charge on any atom is 0.144 e. The highest BCUT2D eigenvalue weighted by atomic mass is 32.2. The van der Waals surface area contributed by atoms with Gasteiger partial charge >= 0.3 is 0 Å². The third-order valence-corrected chi connectivity index (χ3v) is 4.64. The normalized spacial score (nSPS) is 17.8. The van der Waals surface area contributed by atoms with Crippen LogP contribution in [-0.4, -0.2) is 15.2 Å². The molecule has 0 aliphatic heterocycles. The molecule has 0 aromatic heterocycles. The van der Waals surface area contributed by atoms with E-state index in [1.165, 1.54) is 24.0 Å². The molecule has 0 radical (unpaired) electrons. The van der Waals surface area contributed by atoms with Gasteiger partial charge in [-0.2, -0.15) is 4.40 Å². The van der Waals surface area contributed by atoms with E-state index in [9.17, 15) is 4.21 Å². The SMILES string of the molecule is CC(C)(C)S(=O)N=CCCc1cccc(C2CC2)c1. The third kappa shape index (κ3) is 4.57. The molecular weight excluding hydrogens is 254 g/mol. The van der Waals surface area contributed by atoms with Crippen LogP contribution in [0.15, 0.2) is 28.7 Å². The Bertz CT molecular complexity index is 484. The van der Waals surface area contributed by atoms with E-state index in [0.29, 0.717) is 0 Å². The van der Waals surface area contributed by atoms with Gasteiger partial charge in [-0.15, -0.1) is 0 Å². The second kappa shape index (κ2) is 6.00. The maximum atomic E-state index is 11.7. The van der Waals surface area contributed by atoms with E-state index in [2.05, 4.69) is 28.7 Å². The Balaban J connectivity index is 1.84. The Morgan fingerprint density at radius 1 is 1.37 bits per heavy atom. The molecule has 0 saturated heterocycles. The van der Waals surface area contributed by atoms with Crippen LogP contribution in [0.3, 0.4) is 0 Å². The van der Waals surface area contributed by atoms with E-state index < -0.39 is 11.0 Å². The summed E-state index contributed by atoms with van der Waals surface area (Å²) in [5.41, 5.74) is 2.84. The monoisotopic (exact) mass is 277 g/mol. The Kier molecular flexibility index (Phi) is 4.56. The molecule has 104 valence electrons. The lowest BCUT2D eigenvalue weighted by atomic mass is 10.0. The number of hydrogen-bond donors (Lipinski definition) is 0. The van der Waals surface area contributed by atoms with Crippen LogP contribution in [0.2, 0.25) is 0 Å². The lowest BCUT2D eigenvalue weighted by Gasteiger charge is -2.12. The Morgan fingerprint density at radius 3 is 2.74 bits per heavy atom. The van der Waals surface area contributed by atoms with Gasteiger partial charge in [0.1, 0.15) is 11.0 Å². The Labute approximate surface area is 118 Å². The summed E-state index contributed by atoms with van der Waals surface area (Å²) >= 11 is 0. The molecule has 1 atom stereocenters. The van der Waals surface area contributed by atoms with E-state index in [0.717, 1.165) is 18.8 Å². The molecular formula is C16H23NOS. The molecule has 0 spiro atoms. The van der Waals surface area contributed by atoms with Crippen LogP contribution >= 0.6 is 0 Å². The molecule has 0 N–H and O–H groups in total. The van der Waals surface area contributed by atoms with E-state index in [4.69, 9.17) is 0 Å². The number of hydrogen-bond acceptors (Lipinski definition) is 1. The molecule has 19 heavy (non-hydrogen) atoms. The molecule has 1 aliphatic carbocycles. The van der Waals surface area contributed by atoms with Gasteiger partial charge in [-0.25, -0.2) is 4.21 Å². The van der Waals surface area contributed by atoms with E-state index in [-0.39, 0.29) is 4.75 Å². The minimum atomic E-state index is -1.13. The second-order valence-electron chi connectivity index (χ2n) is 6.21. The number of nitrogens with zero attached hydrogens (tertiary/aromatic N) is 1. The summed E-state index contributed by atoms with van der Waals surface area (Å²) in [6, 6.07) is 8.85. The highest BCUT2D eigenvalue weighted by Gasteiger charge is 2.23. The summed E-state index contributed by atoms with van der Waals surface area (Å²) in [4.78, 5) is 0. The van der Waals surface area contributed by atoms with Gasteiger partial charge in [0, 0.05) is 6.21 Å². The van der Waals surface area contributed by atoms with Gasteiger partial charge in [0.25, 0.3) is 0 Å². The quantitative estimate of drug-likeness (QED) is 0.747. The van der Waals surface area contributed by atoms with Crippen molar-refractivity contribution in [2.45, 2.75) is 57.1 Å². The van der Waals surface area contributed by atoms with Crippen LogP contribution in [0.4, 0.5) is 0 Å². The first-order valence-electron chi connectivity index (χ1n) is 7.00. The van der Waals surface area contributed by atoms with Crippen LogP contribution in [0.25, 0.3) is 0 Å². The standard InChI is InChI=1S/C16H23NOS/c1-16(2,3)19(18)17-11-5-7-13-6-4-8-15(12-13)14-9-10-14/h4,6,8,11-12,14H,5,7,9-10H2,1-3H3. The predicted octanol–water partition coefficient (Wildman–Crippen LogP) is 4.03.